The fraction of sp³-hybridized carbons (Fsp3) is 0.720. The van der Waals surface area contributed by atoms with Gasteiger partial charge in [0.15, 0.2) is 0 Å². The topological polar surface area (TPSA) is 96.5 Å². The van der Waals surface area contributed by atoms with Crippen molar-refractivity contribution in [3.63, 3.8) is 0 Å². The normalized spacial score (nSPS) is 11.8. The van der Waals surface area contributed by atoms with Crippen LogP contribution in [0.4, 0.5) is 9.80 Å². The molecule has 0 unspecified atom stereocenters. The molecule has 0 bridgehead atoms. The molecule has 1 aromatic heterocycles. The van der Waals surface area contributed by atoms with Crippen LogP contribution >= 0.6 is 11.3 Å². The first-order valence-corrected chi connectivity index (χ1v) is 12.8. The molecule has 1 aromatic rings. The molecule has 3 N–H and O–H groups in total. The lowest BCUT2D eigenvalue weighted by atomic mass is 9.97. The van der Waals surface area contributed by atoms with Gasteiger partial charge in [-0.2, -0.15) is 0 Å². The van der Waals surface area contributed by atoms with Gasteiger partial charge < -0.3 is 15.4 Å². The van der Waals surface area contributed by atoms with Crippen LogP contribution in [0.25, 0.3) is 0 Å². The number of carbonyl (C=O) groups excluding carboxylic acids is 3. The highest BCUT2D eigenvalue weighted by Crippen LogP contribution is 2.34. The van der Waals surface area contributed by atoms with Crippen LogP contribution in [0, 0.1) is 12.3 Å². The molecule has 0 aromatic carbocycles. The van der Waals surface area contributed by atoms with Crippen LogP contribution in [0.1, 0.15) is 113 Å². The second kappa shape index (κ2) is 13.0. The lowest BCUT2D eigenvalue weighted by Crippen LogP contribution is -2.32. The Hall–Kier alpha value is -2.09. The summed E-state index contributed by atoms with van der Waals surface area (Å²) < 4.78 is 5.54. The van der Waals surface area contributed by atoms with Gasteiger partial charge in [0.1, 0.15) is 10.6 Å². The monoisotopic (exact) mass is 481 g/mol. The van der Waals surface area contributed by atoms with Gasteiger partial charge in [-0.3, -0.25) is 10.1 Å². The van der Waals surface area contributed by atoms with Crippen LogP contribution in [0.2, 0.25) is 0 Å². The van der Waals surface area contributed by atoms with E-state index in [0.29, 0.717) is 28.5 Å². The lowest BCUT2D eigenvalue weighted by Gasteiger charge is -2.20. The molecule has 0 saturated heterocycles. The second-order valence-electron chi connectivity index (χ2n) is 10.7. The summed E-state index contributed by atoms with van der Waals surface area (Å²) in [5.74, 6) is -0.824. The Balaban J connectivity index is 2.93. The molecule has 0 radical (unpaired) electrons. The molecule has 0 saturated carbocycles. The number of urea groups is 1. The van der Waals surface area contributed by atoms with E-state index < -0.39 is 17.6 Å². The van der Waals surface area contributed by atoms with Crippen LogP contribution in [-0.2, 0) is 4.74 Å². The van der Waals surface area contributed by atoms with Crippen molar-refractivity contribution in [2.45, 2.75) is 99.5 Å². The molecule has 0 aliphatic carbocycles. The van der Waals surface area contributed by atoms with E-state index in [1.807, 2.05) is 20.8 Å². The lowest BCUT2D eigenvalue weighted by molar-refractivity contribution is 0.00705. The van der Waals surface area contributed by atoms with Crippen LogP contribution < -0.4 is 16.0 Å². The predicted octanol–water partition coefficient (Wildman–Crippen LogP) is 6.27. The smallest absolute Gasteiger partial charge is 0.341 e. The van der Waals surface area contributed by atoms with Crippen molar-refractivity contribution < 1.29 is 19.1 Å². The minimum Gasteiger partial charge on any atom is -0.456 e. The Morgan fingerprint density at radius 1 is 0.909 bits per heavy atom. The summed E-state index contributed by atoms with van der Waals surface area (Å²) in [6.07, 6.45) is 6.80. The first-order chi connectivity index (χ1) is 15.2. The average molecular weight is 482 g/mol. The number of amides is 3. The van der Waals surface area contributed by atoms with E-state index in [1.54, 1.807) is 27.7 Å². The first-order valence-electron chi connectivity index (χ1n) is 11.9. The number of carbonyl (C=O) groups is 3. The number of hydrogen-bond donors (Lipinski definition) is 3. The van der Waals surface area contributed by atoms with E-state index in [0.717, 1.165) is 30.6 Å². The number of anilines is 1. The third-order valence-electron chi connectivity index (χ3n) is 4.78. The Bertz CT molecular complexity index is 804. The molecular weight excluding hydrogens is 438 g/mol. The van der Waals surface area contributed by atoms with Gasteiger partial charge in [-0.1, -0.05) is 59.8 Å². The standard InChI is InChI=1S/C25H43N3O4S/c1-9-10-11-12-13-14-15-26-23(31)28-21-18(22(30)32-25(6,7)8)17(2)19(33-21)20(29)27-16-24(3,4)5/h9-16H2,1-8H3,(H,27,29)(H2,26,28,31). The van der Waals surface area contributed by atoms with E-state index in [9.17, 15) is 14.4 Å². The van der Waals surface area contributed by atoms with Gasteiger partial charge in [0.05, 0.1) is 10.4 Å². The number of hydrogen-bond acceptors (Lipinski definition) is 5. The maximum atomic E-state index is 12.9. The maximum absolute atomic E-state index is 12.9. The van der Waals surface area contributed by atoms with Crippen molar-refractivity contribution in [3.05, 3.63) is 16.0 Å². The van der Waals surface area contributed by atoms with Gasteiger partial charge in [-0.05, 0) is 45.1 Å². The zero-order valence-corrected chi connectivity index (χ0v) is 22.5. The van der Waals surface area contributed by atoms with Gasteiger partial charge in [0, 0.05) is 13.1 Å². The van der Waals surface area contributed by atoms with Crippen LogP contribution in [0.5, 0.6) is 0 Å². The van der Waals surface area contributed by atoms with Crippen LogP contribution in [0.3, 0.4) is 0 Å². The zero-order valence-electron chi connectivity index (χ0n) is 21.7. The highest BCUT2D eigenvalue weighted by Gasteiger charge is 2.29. The zero-order chi connectivity index (χ0) is 25.2. The molecule has 0 atom stereocenters. The maximum Gasteiger partial charge on any atom is 0.341 e. The molecule has 33 heavy (non-hydrogen) atoms. The fourth-order valence-corrected chi connectivity index (χ4v) is 4.18. The molecule has 0 fully saturated rings. The number of nitrogens with one attached hydrogen (secondary N) is 3. The first kappa shape index (κ1) is 28.9. The molecular formula is C25H43N3O4S. The van der Waals surface area contributed by atoms with Crippen molar-refractivity contribution in [3.8, 4) is 0 Å². The van der Waals surface area contributed by atoms with E-state index in [2.05, 4.69) is 22.9 Å². The SMILES string of the molecule is CCCCCCCCNC(=O)Nc1sc(C(=O)NCC(C)(C)C)c(C)c1C(=O)OC(C)(C)C. The summed E-state index contributed by atoms with van der Waals surface area (Å²) in [6.45, 7) is 16.4. The van der Waals surface area contributed by atoms with Gasteiger partial charge in [-0.25, -0.2) is 9.59 Å². The van der Waals surface area contributed by atoms with Crippen molar-refractivity contribution in [1.29, 1.82) is 0 Å². The molecule has 0 aliphatic heterocycles. The quantitative estimate of drug-likeness (QED) is 0.256. The number of ether oxygens (including phenoxy) is 1. The number of thiophene rings is 1. The van der Waals surface area contributed by atoms with Gasteiger partial charge in [0.25, 0.3) is 5.91 Å². The fourth-order valence-electron chi connectivity index (χ4n) is 3.07. The van der Waals surface area contributed by atoms with E-state index in [1.165, 1.54) is 19.3 Å². The molecule has 3 amide bonds. The Morgan fingerprint density at radius 2 is 1.52 bits per heavy atom. The Morgan fingerprint density at radius 3 is 2.09 bits per heavy atom. The van der Waals surface area contributed by atoms with Gasteiger partial charge in [-0.15, -0.1) is 11.3 Å². The second-order valence-corrected chi connectivity index (χ2v) is 11.7. The molecule has 1 rings (SSSR count). The Labute approximate surface area is 203 Å². The summed E-state index contributed by atoms with van der Waals surface area (Å²) in [6, 6.07) is -0.392. The highest BCUT2D eigenvalue weighted by atomic mass is 32.1. The average Bonchev–Trinajstić information content (AvgIpc) is 2.99. The number of esters is 1. The van der Waals surface area contributed by atoms with E-state index in [4.69, 9.17) is 4.74 Å². The molecule has 188 valence electrons. The summed E-state index contributed by atoms with van der Waals surface area (Å²) >= 11 is 1.10. The van der Waals surface area contributed by atoms with Crippen molar-refractivity contribution >= 4 is 34.2 Å². The van der Waals surface area contributed by atoms with Crippen molar-refractivity contribution in [1.82, 2.24) is 10.6 Å². The molecule has 7 nitrogen and oxygen atoms in total. The summed E-state index contributed by atoms with van der Waals surface area (Å²) in [7, 11) is 0. The van der Waals surface area contributed by atoms with Gasteiger partial charge in [0.2, 0.25) is 0 Å². The van der Waals surface area contributed by atoms with Gasteiger partial charge >= 0.3 is 12.0 Å². The summed E-state index contributed by atoms with van der Waals surface area (Å²) in [4.78, 5) is 38.6. The minimum atomic E-state index is -0.697. The molecule has 0 spiro atoms. The number of rotatable bonds is 11. The molecule has 8 heteroatoms. The highest BCUT2D eigenvalue weighted by molar-refractivity contribution is 7.18. The predicted molar refractivity (Wildman–Crippen MR) is 136 cm³/mol. The van der Waals surface area contributed by atoms with E-state index >= 15 is 0 Å². The third-order valence-corrected chi connectivity index (χ3v) is 5.98. The van der Waals surface area contributed by atoms with Crippen LogP contribution in [-0.4, -0.2) is 36.6 Å². The molecule has 1 heterocycles. The Kier molecular flexibility index (Phi) is 11.4. The summed E-state index contributed by atoms with van der Waals surface area (Å²) in [5, 5.41) is 8.84. The molecule has 0 aliphatic rings. The number of unbranched alkanes of at least 4 members (excludes halogenated alkanes) is 5. The van der Waals surface area contributed by atoms with Crippen molar-refractivity contribution in [2.24, 2.45) is 5.41 Å². The van der Waals surface area contributed by atoms with Crippen LogP contribution in [0.15, 0.2) is 0 Å². The minimum absolute atomic E-state index is 0.0771. The van der Waals surface area contributed by atoms with E-state index in [-0.39, 0.29) is 16.9 Å². The summed E-state index contributed by atoms with van der Waals surface area (Å²) in [5.41, 5.74) is -0.0403. The van der Waals surface area contributed by atoms with Crippen molar-refractivity contribution in [2.75, 3.05) is 18.4 Å². The third kappa shape index (κ3) is 11.1. The largest absolute Gasteiger partial charge is 0.456 e.